The minimum Gasteiger partial charge on any atom is -0.462 e. The number of hydrogen-bond acceptors (Lipinski definition) is 11. The Morgan fingerprint density at radius 3 is 1.67 bits per heavy atom. The standard InChI is InChI=1S/C44H74O14P2/c1-3-5-7-8-9-10-11-12-13-14-15-16-17-20-23-26-30-34-43(47)54-38-42(39-57-60(52,53)56-37-41(46)36-55-59(49,50)51)58-44(48)35-31-27-24-21-18-19-22-25-29-33-40(45)32-28-6-4-2/h5-7,9-10,12-13,15-16,22,25,28-29,33,40-42,45-46H,3-4,8,11,14,17-21,23-24,26-27,30-32,34-39H2,1-2H3,(H,52,53)(H2,49,50,51)/b7-5-,10-9-,13-12-,16-15-,25-22+,28-6+,33-29+/t40?,41-,42+/m0/s1. The van der Waals surface area contributed by atoms with Crippen molar-refractivity contribution in [3.63, 3.8) is 0 Å². The summed E-state index contributed by atoms with van der Waals surface area (Å²) in [6.45, 7) is 1.35. The highest BCUT2D eigenvalue weighted by Crippen LogP contribution is 2.43. The van der Waals surface area contributed by atoms with Crippen LogP contribution in [0.4, 0.5) is 0 Å². The number of rotatable bonds is 39. The van der Waals surface area contributed by atoms with Crippen LogP contribution in [0.15, 0.2) is 85.1 Å². The molecular weight excluding hydrogens is 814 g/mol. The molecule has 0 bridgehead atoms. The van der Waals surface area contributed by atoms with E-state index in [4.69, 9.17) is 23.8 Å². The third-order valence-electron chi connectivity index (χ3n) is 8.35. The predicted octanol–water partition coefficient (Wildman–Crippen LogP) is 9.75. The Labute approximate surface area is 359 Å². The first kappa shape index (κ1) is 57.3. The van der Waals surface area contributed by atoms with Gasteiger partial charge in [0, 0.05) is 12.8 Å². The van der Waals surface area contributed by atoms with Gasteiger partial charge in [-0.05, 0) is 77.0 Å². The topological polar surface area (TPSA) is 216 Å². The van der Waals surface area contributed by atoms with Crippen molar-refractivity contribution in [2.45, 2.75) is 154 Å². The van der Waals surface area contributed by atoms with Gasteiger partial charge in [-0.3, -0.25) is 23.2 Å². The fraction of sp³-hybridized carbons (Fsp3) is 0.636. The Morgan fingerprint density at radius 2 is 1.05 bits per heavy atom. The molecule has 0 radical (unpaired) electrons. The Kier molecular flexibility index (Phi) is 37.3. The van der Waals surface area contributed by atoms with E-state index in [0.717, 1.165) is 89.9 Å². The number of hydrogen-bond donors (Lipinski definition) is 5. The summed E-state index contributed by atoms with van der Waals surface area (Å²) in [5.74, 6) is -1.12. The second-order valence-electron chi connectivity index (χ2n) is 14.1. The minimum absolute atomic E-state index is 0.0743. The average Bonchev–Trinajstić information content (AvgIpc) is 3.20. The van der Waals surface area contributed by atoms with E-state index in [-0.39, 0.29) is 12.8 Å². The maximum absolute atomic E-state index is 12.7. The predicted molar refractivity (Wildman–Crippen MR) is 236 cm³/mol. The Hall–Kier alpha value is -2.74. The molecule has 0 aromatic heterocycles. The summed E-state index contributed by atoms with van der Waals surface area (Å²) in [5.41, 5.74) is 0. The highest BCUT2D eigenvalue weighted by molar-refractivity contribution is 7.47. The lowest BCUT2D eigenvalue weighted by Gasteiger charge is -2.20. The van der Waals surface area contributed by atoms with Crippen LogP contribution < -0.4 is 0 Å². The maximum Gasteiger partial charge on any atom is 0.472 e. The van der Waals surface area contributed by atoms with Crippen molar-refractivity contribution in [3.8, 4) is 0 Å². The van der Waals surface area contributed by atoms with Gasteiger partial charge in [-0.1, -0.05) is 131 Å². The molecular formula is C44H74O14P2. The third-order valence-corrected chi connectivity index (χ3v) is 9.79. The molecule has 0 aromatic carbocycles. The zero-order chi connectivity index (χ0) is 44.6. The third kappa shape index (κ3) is 42.0. The molecule has 60 heavy (non-hydrogen) atoms. The van der Waals surface area contributed by atoms with Crippen LogP contribution in [-0.4, -0.2) is 81.6 Å². The van der Waals surface area contributed by atoms with Gasteiger partial charge >= 0.3 is 27.6 Å². The molecule has 0 amide bonds. The van der Waals surface area contributed by atoms with Crippen molar-refractivity contribution >= 4 is 27.6 Å². The summed E-state index contributed by atoms with van der Waals surface area (Å²) in [6, 6.07) is 0. The van der Waals surface area contributed by atoms with Crippen LogP contribution in [0.1, 0.15) is 136 Å². The van der Waals surface area contributed by atoms with Gasteiger partial charge in [-0.2, -0.15) is 0 Å². The summed E-state index contributed by atoms with van der Waals surface area (Å²) >= 11 is 0. The fourth-order valence-electron chi connectivity index (χ4n) is 5.14. The van der Waals surface area contributed by atoms with E-state index in [1.807, 2.05) is 37.3 Å². The lowest BCUT2D eigenvalue weighted by atomic mass is 10.1. The monoisotopic (exact) mass is 888 g/mol. The van der Waals surface area contributed by atoms with Gasteiger partial charge in [0.25, 0.3) is 0 Å². The number of carbonyl (C=O) groups is 2. The van der Waals surface area contributed by atoms with Crippen LogP contribution in [0.5, 0.6) is 0 Å². The molecule has 2 unspecified atom stereocenters. The molecule has 4 atom stereocenters. The number of carbonyl (C=O) groups excluding carboxylic acids is 2. The van der Waals surface area contributed by atoms with Crippen molar-refractivity contribution < 1.29 is 66.7 Å². The number of phosphoric ester groups is 2. The number of phosphoric acid groups is 2. The molecule has 0 fully saturated rings. The van der Waals surface area contributed by atoms with E-state index in [2.05, 4.69) is 64.6 Å². The smallest absolute Gasteiger partial charge is 0.462 e. The molecule has 14 nitrogen and oxygen atoms in total. The summed E-state index contributed by atoms with van der Waals surface area (Å²) in [5, 5.41) is 19.6. The Balaban J connectivity index is 4.65. The highest BCUT2D eigenvalue weighted by atomic mass is 31.2. The van der Waals surface area contributed by atoms with Crippen LogP contribution in [-0.2, 0) is 41.8 Å². The van der Waals surface area contributed by atoms with Crippen molar-refractivity contribution in [2.24, 2.45) is 0 Å². The molecule has 0 saturated heterocycles. The normalized spacial score (nSPS) is 15.4. The SMILES string of the molecule is CC/C=C\C/C=C\C/C=C\C/C=C\CCCCCCC(=O)OC[C@H](COP(=O)(O)OC[C@@H](O)COP(=O)(O)O)OC(=O)CCCCCCC/C=C/C=C/C(O)C/C=C/CC. The van der Waals surface area contributed by atoms with Gasteiger partial charge in [0.15, 0.2) is 6.10 Å². The molecule has 0 spiro atoms. The molecule has 5 N–H and O–H groups in total. The van der Waals surface area contributed by atoms with Gasteiger partial charge in [0.1, 0.15) is 12.7 Å². The molecule has 0 rings (SSSR count). The molecule has 344 valence electrons. The van der Waals surface area contributed by atoms with Gasteiger partial charge in [0.2, 0.25) is 0 Å². The van der Waals surface area contributed by atoms with E-state index in [1.165, 1.54) is 0 Å². The number of unbranched alkanes of at least 4 members (excludes halogenated alkanes) is 9. The van der Waals surface area contributed by atoms with Gasteiger partial charge in [-0.15, -0.1) is 0 Å². The first-order chi connectivity index (χ1) is 28.8. The lowest BCUT2D eigenvalue weighted by Crippen LogP contribution is -2.30. The average molecular weight is 889 g/mol. The van der Waals surface area contributed by atoms with E-state index < -0.39 is 72.3 Å². The van der Waals surface area contributed by atoms with E-state index in [1.54, 1.807) is 6.08 Å². The van der Waals surface area contributed by atoms with Crippen molar-refractivity contribution in [1.29, 1.82) is 0 Å². The molecule has 0 saturated carbocycles. The fourth-order valence-corrected chi connectivity index (χ4v) is 6.29. The van der Waals surface area contributed by atoms with E-state index in [9.17, 15) is 33.8 Å². The first-order valence-corrected chi connectivity index (χ1v) is 24.4. The zero-order valence-corrected chi connectivity index (χ0v) is 37.7. The van der Waals surface area contributed by atoms with Crippen LogP contribution in [0.25, 0.3) is 0 Å². The lowest BCUT2D eigenvalue weighted by molar-refractivity contribution is -0.161. The first-order valence-electron chi connectivity index (χ1n) is 21.4. The highest BCUT2D eigenvalue weighted by Gasteiger charge is 2.28. The molecule has 0 aromatic rings. The minimum atomic E-state index is -4.88. The second kappa shape index (κ2) is 39.1. The van der Waals surface area contributed by atoms with Crippen LogP contribution in [0.3, 0.4) is 0 Å². The number of allylic oxidation sites excluding steroid dienone is 12. The molecule has 0 aliphatic heterocycles. The molecule has 0 heterocycles. The zero-order valence-electron chi connectivity index (χ0n) is 35.9. The van der Waals surface area contributed by atoms with Gasteiger partial charge in [-0.25, -0.2) is 9.13 Å². The van der Waals surface area contributed by atoms with E-state index in [0.29, 0.717) is 19.3 Å². The van der Waals surface area contributed by atoms with Crippen LogP contribution >= 0.6 is 15.6 Å². The second-order valence-corrected chi connectivity index (χ2v) is 16.7. The van der Waals surface area contributed by atoms with Crippen molar-refractivity contribution in [3.05, 3.63) is 85.1 Å². The summed E-state index contributed by atoms with van der Waals surface area (Å²) in [4.78, 5) is 52.7. The number of aliphatic hydroxyl groups is 2. The molecule has 0 aliphatic rings. The number of ether oxygens (including phenoxy) is 2. The summed E-state index contributed by atoms with van der Waals surface area (Å²) in [7, 11) is -9.71. The molecule has 0 aliphatic carbocycles. The Morgan fingerprint density at radius 1 is 0.550 bits per heavy atom. The van der Waals surface area contributed by atoms with Gasteiger partial charge < -0.3 is 34.4 Å². The summed E-state index contributed by atoms with van der Waals surface area (Å²) in [6.07, 6.45) is 40.5. The Bertz CT molecular complexity index is 1400. The van der Waals surface area contributed by atoms with Crippen molar-refractivity contribution in [1.82, 2.24) is 0 Å². The summed E-state index contributed by atoms with van der Waals surface area (Å²) < 4.78 is 47.7. The number of esters is 2. The largest absolute Gasteiger partial charge is 0.472 e. The van der Waals surface area contributed by atoms with Gasteiger partial charge in [0.05, 0.1) is 25.9 Å². The van der Waals surface area contributed by atoms with E-state index >= 15 is 0 Å². The van der Waals surface area contributed by atoms with Crippen LogP contribution in [0, 0.1) is 0 Å². The molecule has 16 heteroatoms. The van der Waals surface area contributed by atoms with Crippen LogP contribution in [0.2, 0.25) is 0 Å². The van der Waals surface area contributed by atoms with Crippen molar-refractivity contribution in [2.75, 3.05) is 26.4 Å². The maximum atomic E-state index is 12.7. The quantitative estimate of drug-likeness (QED) is 0.0128. The number of aliphatic hydroxyl groups excluding tert-OH is 2.